The van der Waals surface area contributed by atoms with Crippen LogP contribution in [0.2, 0.25) is 0 Å². The van der Waals surface area contributed by atoms with E-state index in [1.807, 2.05) is 0 Å². The Bertz CT molecular complexity index is 397. The summed E-state index contributed by atoms with van der Waals surface area (Å²) in [5.41, 5.74) is 0. The van der Waals surface area contributed by atoms with Gasteiger partial charge in [-0.3, -0.25) is 0 Å². The van der Waals surface area contributed by atoms with Gasteiger partial charge in [-0.15, -0.1) is 0 Å². The van der Waals surface area contributed by atoms with Crippen LogP contribution in [0.5, 0.6) is 0 Å². The van der Waals surface area contributed by atoms with E-state index in [0.29, 0.717) is 0 Å². The molecule has 146 valence electrons. The smallest absolute Gasteiger partial charge is 0.240 e. The molecule has 1 atom stereocenters. The molecule has 0 aliphatic rings. The molecule has 1 heterocycles. The van der Waals surface area contributed by atoms with Gasteiger partial charge in [0.25, 0.3) is 0 Å². The lowest BCUT2D eigenvalue weighted by atomic mass is 9.97. The van der Waals surface area contributed by atoms with Crippen LogP contribution < -0.4 is 4.57 Å². The molecular weight excluding hydrogens is 304 g/mol. The molecule has 0 amide bonds. The largest absolute Gasteiger partial charge is 0.243 e. The predicted octanol–water partition coefficient (Wildman–Crippen LogP) is 6.82. The van der Waals surface area contributed by atoms with Gasteiger partial charge < -0.3 is 0 Å². The molecule has 0 unspecified atom stereocenters. The molecule has 0 saturated heterocycles. The van der Waals surface area contributed by atoms with Crippen LogP contribution in [0.1, 0.15) is 110 Å². The van der Waals surface area contributed by atoms with Gasteiger partial charge in [0.15, 0.2) is 0 Å². The lowest BCUT2D eigenvalue weighted by Crippen LogP contribution is -2.23. The van der Waals surface area contributed by atoms with Gasteiger partial charge in [0, 0.05) is 0 Å². The molecule has 0 N–H and O–H groups in total. The fourth-order valence-corrected chi connectivity index (χ4v) is 3.73. The zero-order valence-electron chi connectivity index (χ0n) is 17.5. The van der Waals surface area contributed by atoms with Crippen molar-refractivity contribution < 1.29 is 4.57 Å². The zero-order chi connectivity index (χ0) is 18.2. The maximum absolute atomic E-state index is 2.44. The van der Waals surface area contributed by atoms with E-state index in [1.165, 1.54) is 103 Å². The molecule has 0 fully saturated rings. The Labute approximate surface area is 158 Å². The van der Waals surface area contributed by atoms with Crippen molar-refractivity contribution in [2.24, 2.45) is 13.0 Å². The highest BCUT2D eigenvalue weighted by Gasteiger charge is 2.04. The topological polar surface area (TPSA) is 8.81 Å². The average Bonchev–Trinajstić information content (AvgIpc) is 3.01. The molecule has 2 heteroatoms. The first-order valence-corrected chi connectivity index (χ1v) is 11.2. The van der Waals surface area contributed by atoms with Crippen LogP contribution >= 0.6 is 0 Å². The Balaban J connectivity index is 1.79. The molecule has 2 nitrogen and oxygen atoms in total. The lowest BCUT2D eigenvalue weighted by Gasteiger charge is -2.10. The number of nitrogens with zero attached hydrogens (tertiary/aromatic N) is 2. The number of unbranched alkanes of at least 4 members (excludes halogenated alkanes) is 11. The molecule has 25 heavy (non-hydrogen) atoms. The summed E-state index contributed by atoms with van der Waals surface area (Å²) in [5.74, 6) is 0.896. The van der Waals surface area contributed by atoms with Gasteiger partial charge in [-0.05, 0) is 18.8 Å². The van der Waals surface area contributed by atoms with Crippen molar-refractivity contribution in [2.75, 3.05) is 0 Å². The van der Waals surface area contributed by atoms with E-state index in [9.17, 15) is 0 Å². The third-order valence-electron chi connectivity index (χ3n) is 5.49. The lowest BCUT2D eigenvalue weighted by molar-refractivity contribution is -0.671. The average molecular weight is 350 g/mol. The van der Waals surface area contributed by atoms with Crippen molar-refractivity contribution in [3.8, 4) is 0 Å². The van der Waals surface area contributed by atoms with Crippen molar-refractivity contribution in [1.82, 2.24) is 4.57 Å². The van der Waals surface area contributed by atoms with Crippen LogP contribution in [0, 0.1) is 5.92 Å². The predicted molar refractivity (Wildman–Crippen MR) is 110 cm³/mol. The minimum absolute atomic E-state index is 0.896. The second-order valence-electron chi connectivity index (χ2n) is 8.24. The van der Waals surface area contributed by atoms with E-state index in [0.717, 1.165) is 5.92 Å². The summed E-state index contributed by atoms with van der Waals surface area (Å²) >= 11 is 0. The van der Waals surface area contributed by atoms with Gasteiger partial charge >= 0.3 is 0 Å². The van der Waals surface area contributed by atoms with E-state index >= 15 is 0 Å². The Hall–Kier alpha value is -0.790. The van der Waals surface area contributed by atoms with E-state index in [2.05, 4.69) is 48.8 Å². The van der Waals surface area contributed by atoms with Crippen molar-refractivity contribution in [3.63, 3.8) is 0 Å². The van der Waals surface area contributed by atoms with E-state index < -0.39 is 0 Å². The zero-order valence-corrected chi connectivity index (χ0v) is 17.5. The van der Waals surface area contributed by atoms with E-state index in [4.69, 9.17) is 0 Å². The molecule has 0 radical (unpaired) electrons. The minimum atomic E-state index is 0.896. The molecular formula is C23H45N2+. The summed E-state index contributed by atoms with van der Waals surface area (Å²) in [4.78, 5) is 0. The third-order valence-corrected chi connectivity index (χ3v) is 5.49. The first-order valence-electron chi connectivity index (χ1n) is 11.2. The maximum atomic E-state index is 2.44. The summed E-state index contributed by atoms with van der Waals surface area (Å²) in [7, 11) is 2.09. The van der Waals surface area contributed by atoms with Crippen molar-refractivity contribution in [2.45, 2.75) is 117 Å². The van der Waals surface area contributed by atoms with Gasteiger partial charge in [-0.2, -0.15) is 0 Å². The quantitative estimate of drug-likeness (QED) is 0.215. The standard InChI is InChI=1S/C23H45N2/c1-4-5-6-7-8-9-10-11-12-13-14-15-17-23(2)18-16-19-25-21-20-24(3)22-25/h20-23H,4-19H2,1-3H3/q+1/t23-/m0/s1. The second-order valence-corrected chi connectivity index (χ2v) is 8.24. The summed E-state index contributed by atoms with van der Waals surface area (Å²) in [5, 5.41) is 0. The van der Waals surface area contributed by atoms with Gasteiger partial charge in [-0.25, -0.2) is 9.13 Å². The van der Waals surface area contributed by atoms with Gasteiger partial charge in [0.2, 0.25) is 6.33 Å². The van der Waals surface area contributed by atoms with Gasteiger partial charge in [0.1, 0.15) is 12.4 Å². The summed E-state index contributed by atoms with van der Waals surface area (Å²) in [6.07, 6.45) is 28.0. The van der Waals surface area contributed by atoms with Crippen molar-refractivity contribution in [3.05, 3.63) is 18.7 Å². The maximum Gasteiger partial charge on any atom is 0.243 e. The second kappa shape index (κ2) is 15.5. The Morgan fingerprint density at radius 2 is 1.28 bits per heavy atom. The number of aromatic nitrogens is 2. The number of aryl methyl sites for hydroxylation is 2. The van der Waals surface area contributed by atoms with Crippen molar-refractivity contribution >= 4 is 0 Å². The monoisotopic (exact) mass is 349 g/mol. The summed E-state index contributed by atoms with van der Waals surface area (Å²) in [6, 6.07) is 0. The van der Waals surface area contributed by atoms with E-state index in [-0.39, 0.29) is 0 Å². The van der Waals surface area contributed by atoms with Crippen LogP contribution in [0.4, 0.5) is 0 Å². The molecule has 0 bridgehead atoms. The van der Waals surface area contributed by atoms with Crippen molar-refractivity contribution in [1.29, 1.82) is 0 Å². The SMILES string of the molecule is CCCCCCCCCCCCCC[C@H](C)CCCn1cc[n+](C)c1. The summed E-state index contributed by atoms with van der Waals surface area (Å²) < 4.78 is 4.42. The fraction of sp³-hybridized carbons (Fsp3) is 0.870. The number of rotatable bonds is 17. The van der Waals surface area contributed by atoms with Crippen LogP contribution in [0.3, 0.4) is 0 Å². The normalized spacial score (nSPS) is 12.6. The highest BCUT2D eigenvalue weighted by molar-refractivity contribution is 4.66. The number of imidazole rings is 1. The first kappa shape index (κ1) is 22.3. The molecule has 0 aliphatic carbocycles. The van der Waals surface area contributed by atoms with Crippen LogP contribution in [-0.2, 0) is 13.6 Å². The first-order chi connectivity index (χ1) is 12.2. The molecule has 0 saturated carbocycles. The van der Waals surface area contributed by atoms with Gasteiger partial charge in [0.05, 0.1) is 13.6 Å². The molecule has 0 spiro atoms. The van der Waals surface area contributed by atoms with Crippen LogP contribution in [0.25, 0.3) is 0 Å². The summed E-state index contributed by atoms with van der Waals surface area (Å²) in [6.45, 7) is 5.91. The molecule has 1 aromatic rings. The minimum Gasteiger partial charge on any atom is -0.240 e. The van der Waals surface area contributed by atoms with Gasteiger partial charge in [-0.1, -0.05) is 97.3 Å². The molecule has 0 aliphatic heterocycles. The molecule has 1 rings (SSSR count). The third kappa shape index (κ3) is 13.1. The highest BCUT2D eigenvalue weighted by Crippen LogP contribution is 2.17. The van der Waals surface area contributed by atoms with Crippen LogP contribution in [0.15, 0.2) is 18.7 Å². The number of hydrogen-bond donors (Lipinski definition) is 0. The Morgan fingerprint density at radius 3 is 1.80 bits per heavy atom. The molecule has 1 aromatic heterocycles. The van der Waals surface area contributed by atoms with E-state index in [1.54, 1.807) is 0 Å². The molecule has 0 aromatic carbocycles. The van der Waals surface area contributed by atoms with Crippen LogP contribution in [-0.4, -0.2) is 4.57 Å². The Kier molecular flexibility index (Phi) is 13.8. The fourth-order valence-electron chi connectivity index (χ4n) is 3.73. The Morgan fingerprint density at radius 1 is 0.760 bits per heavy atom. The number of hydrogen-bond acceptors (Lipinski definition) is 0. The highest BCUT2D eigenvalue weighted by atomic mass is 15.1.